The van der Waals surface area contributed by atoms with Crippen LogP contribution in [0.1, 0.15) is 6.93 Å². The average Bonchev–Trinajstić information content (AvgIpc) is 2.92. The molecule has 2 aromatic rings. The van der Waals surface area contributed by atoms with E-state index in [9.17, 15) is 8.42 Å². The van der Waals surface area contributed by atoms with E-state index in [1.54, 1.807) is 0 Å². The first-order chi connectivity index (χ1) is 11.2. The fraction of sp³-hybridized carbons (Fsp3) is 0.294. The van der Waals surface area contributed by atoms with E-state index in [1.807, 2.05) is 60.7 Å². The minimum Gasteiger partial charge on any atom is -0.258 e. The zero-order valence-corrected chi connectivity index (χ0v) is 14.4. The molecule has 0 bridgehead atoms. The van der Waals surface area contributed by atoms with Gasteiger partial charge in [-0.25, -0.2) is 0 Å². The maximum atomic E-state index is 12.4. The molecule has 1 aliphatic heterocycles. The molecule has 5 heteroatoms. The molecule has 22 heavy (non-hydrogen) atoms. The van der Waals surface area contributed by atoms with Gasteiger partial charge in [-0.15, -0.1) is 11.8 Å². The molecule has 2 nitrogen and oxygen atoms in total. The predicted octanol–water partition coefficient (Wildman–Crippen LogP) is 3.23. The molecule has 4 atom stereocenters. The Kier molecular flexibility index (Phi) is 5.05. The third-order valence-electron chi connectivity index (χ3n) is 3.44. The van der Waals surface area contributed by atoms with E-state index in [0.717, 1.165) is 10.5 Å². The Morgan fingerprint density at radius 3 is 2.14 bits per heavy atom. The summed E-state index contributed by atoms with van der Waals surface area (Å²) in [4.78, 5) is 1.02. The van der Waals surface area contributed by atoms with Crippen LogP contribution in [0.25, 0.3) is 0 Å². The van der Waals surface area contributed by atoms with Crippen molar-refractivity contribution in [2.45, 2.75) is 21.1 Å². The molecule has 3 rings (SSSR count). The van der Waals surface area contributed by atoms with Crippen molar-refractivity contribution >= 4 is 33.4 Å². The van der Waals surface area contributed by atoms with Gasteiger partial charge < -0.3 is 0 Å². The van der Waals surface area contributed by atoms with Crippen molar-refractivity contribution in [3.63, 3.8) is 0 Å². The van der Waals surface area contributed by atoms with E-state index in [2.05, 4.69) is 0 Å². The first-order valence-corrected chi connectivity index (χ1v) is 10.7. The molecule has 0 radical (unpaired) electrons. The highest BCUT2D eigenvalue weighted by Gasteiger charge is 2.37. The van der Waals surface area contributed by atoms with Gasteiger partial charge in [-0.05, 0) is 24.1 Å². The summed E-state index contributed by atoms with van der Waals surface area (Å²) < 4.78 is 33.0. The van der Waals surface area contributed by atoms with Crippen LogP contribution in [-0.2, 0) is 28.0 Å². The zero-order chi connectivity index (χ0) is 16.2. The first kappa shape index (κ1) is 14.7. The maximum absolute atomic E-state index is 12.4. The Labute approximate surface area is 142 Å². The molecule has 0 N–H and O–H groups in total. The number of rotatable bonds is 5. The van der Waals surface area contributed by atoms with Gasteiger partial charge in [-0.3, -0.25) is 8.42 Å². The molecule has 1 aliphatic rings. The van der Waals surface area contributed by atoms with Gasteiger partial charge in [0.25, 0.3) is 0 Å². The van der Waals surface area contributed by atoms with Crippen molar-refractivity contribution in [2.75, 3.05) is 11.5 Å². The van der Waals surface area contributed by atoms with Crippen LogP contribution in [0, 0.1) is 0 Å². The van der Waals surface area contributed by atoms with Gasteiger partial charge in [0.2, 0.25) is 0 Å². The van der Waals surface area contributed by atoms with Gasteiger partial charge in [0, 0.05) is 44.6 Å². The number of hydrogen-bond acceptors (Lipinski definition) is 3. The van der Waals surface area contributed by atoms with Crippen LogP contribution >= 0.6 is 11.8 Å². The molecule has 0 amide bonds. The standard InChI is InChI=1S/C17H18O2S3/c18-21-11-12-22(19)17(21)16(13-14-7-3-1-4-8-14)20-15-9-5-2-6-10-15/h1-10,16-17H,11-13H2/t16?,21-,22-/m0/s1/i13D/t13?,16?,21-,22-. The molecule has 1 heterocycles. The largest absolute Gasteiger partial charge is 0.258 e. The van der Waals surface area contributed by atoms with Crippen LogP contribution in [0.5, 0.6) is 0 Å². The molecule has 116 valence electrons. The van der Waals surface area contributed by atoms with Crippen LogP contribution in [0.4, 0.5) is 0 Å². The Morgan fingerprint density at radius 2 is 1.55 bits per heavy atom. The van der Waals surface area contributed by atoms with Crippen molar-refractivity contribution in [1.82, 2.24) is 0 Å². The number of thioether (sulfide) groups is 1. The summed E-state index contributed by atoms with van der Waals surface area (Å²) >= 11 is 1.52. The van der Waals surface area contributed by atoms with Crippen LogP contribution < -0.4 is 0 Å². The summed E-state index contributed by atoms with van der Waals surface area (Å²) in [6.45, 7) is 0. The molecule has 2 unspecified atom stereocenters. The summed E-state index contributed by atoms with van der Waals surface area (Å²) in [7, 11) is -2.26. The van der Waals surface area contributed by atoms with Gasteiger partial charge in [-0.1, -0.05) is 48.5 Å². The Hall–Kier alpha value is -0.910. The van der Waals surface area contributed by atoms with Crippen molar-refractivity contribution < 1.29 is 9.79 Å². The highest BCUT2D eigenvalue weighted by atomic mass is 32.3. The van der Waals surface area contributed by atoms with Crippen molar-refractivity contribution in [1.29, 1.82) is 0 Å². The van der Waals surface area contributed by atoms with Crippen LogP contribution in [0.2, 0.25) is 0 Å². The number of benzene rings is 2. The van der Waals surface area contributed by atoms with E-state index in [1.165, 1.54) is 11.8 Å². The highest BCUT2D eigenvalue weighted by Crippen LogP contribution is 2.33. The molecule has 0 aromatic heterocycles. The predicted molar refractivity (Wildman–Crippen MR) is 96.0 cm³/mol. The second-order valence-corrected chi connectivity index (χ2v) is 9.92. The molecule has 0 spiro atoms. The van der Waals surface area contributed by atoms with Crippen LogP contribution in [0.3, 0.4) is 0 Å². The second kappa shape index (κ2) is 7.57. The third-order valence-corrected chi connectivity index (χ3v) is 9.40. The normalized spacial score (nSPS) is 25.5. The SMILES string of the molecule is [2H]C(c1ccccc1)C(Sc1ccccc1)C1[S@@](=O)CC[S@@]1=O. The molecule has 2 aromatic carbocycles. The molecule has 0 saturated carbocycles. The van der Waals surface area contributed by atoms with Gasteiger partial charge in [0.05, 0.1) is 0 Å². The lowest BCUT2D eigenvalue weighted by atomic mass is 10.1. The molecule has 0 aliphatic carbocycles. The van der Waals surface area contributed by atoms with Crippen LogP contribution in [0.15, 0.2) is 65.6 Å². The third kappa shape index (κ3) is 3.89. The second-order valence-electron chi connectivity index (χ2n) is 5.01. The van der Waals surface area contributed by atoms with E-state index < -0.39 is 32.6 Å². The lowest BCUT2D eigenvalue weighted by Gasteiger charge is -2.21. The lowest BCUT2D eigenvalue weighted by molar-refractivity contribution is 0.673. The number of hydrogen-bond donors (Lipinski definition) is 0. The summed E-state index contributed by atoms with van der Waals surface area (Å²) in [5.74, 6) is 0.954. The van der Waals surface area contributed by atoms with Gasteiger partial charge in [0.1, 0.15) is 4.58 Å². The fourth-order valence-corrected chi connectivity index (χ4v) is 8.50. The van der Waals surface area contributed by atoms with E-state index in [4.69, 9.17) is 1.37 Å². The Balaban J connectivity index is 1.93. The smallest absolute Gasteiger partial charge is 0.122 e. The average molecular weight is 352 g/mol. The highest BCUT2D eigenvalue weighted by molar-refractivity contribution is 8.09. The topological polar surface area (TPSA) is 34.1 Å². The van der Waals surface area contributed by atoms with Gasteiger partial charge in [-0.2, -0.15) is 0 Å². The quantitative estimate of drug-likeness (QED) is 0.776. The minimum absolute atomic E-state index is 0.288. The minimum atomic E-state index is -1.13. The summed E-state index contributed by atoms with van der Waals surface area (Å²) in [5.41, 5.74) is 0.877. The molecular formula is C17H18O2S3. The van der Waals surface area contributed by atoms with E-state index in [-0.39, 0.29) is 5.25 Å². The van der Waals surface area contributed by atoms with E-state index >= 15 is 0 Å². The van der Waals surface area contributed by atoms with Gasteiger partial charge in [0.15, 0.2) is 0 Å². The Bertz CT molecular complexity index is 677. The summed E-state index contributed by atoms with van der Waals surface area (Å²) in [6, 6.07) is 19.4. The Morgan fingerprint density at radius 1 is 1.00 bits per heavy atom. The lowest BCUT2D eigenvalue weighted by Crippen LogP contribution is -2.29. The molecule has 1 saturated heterocycles. The monoisotopic (exact) mass is 351 g/mol. The fourth-order valence-electron chi connectivity index (χ4n) is 2.39. The van der Waals surface area contributed by atoms with Gasteiger partial charge >= 0.3 is 0 Å². The first-order valence-electron chi connectivity index (χ1n) is 7.68. The zero-order valence-electron chi connectivity index (χ0n) is 13.0. The van der Waals surface area contributed by atoms with Crippen molar-refractivity contribution in [2.24, 2.45) is 0 Å². The molecular weight excluding hydrogens is 332 g/mol. The van der Waals surface area contributed by atoms with E-state index in [0.29, 0.717) is 11.5 Å². The summed E-state index contributed by atoms with van der Waals surface area (Å²) in [6.07, 6.45) is -0.558. The van der Waals surface area contributed by atoms with Crippen molar-refractivity contribution in [3.05, 3.63) is 66.2 Å². The molecule has 1 fully saturated rings. The summed E-state index contributed by atoms with van der Waals surface area (Å²) in [5, 5.41) is -0.288. The maximum Gasteiger partial charge on any atom is 0.122 e. The van der Waals surface area contributed by atoms with Crippen LogP contribution in [-0.4, -0.2) is 29.8 Å². The van der Waals surface area contributed by atoms with Crippen molar-refractivity contribution in [3.8, 4) is 0 Å².